The van der Waals surface area contributed by atoms with E-state index in [9.17, 15) is 9.59 Å². The molecule has 1 aromatic rings. The van der Waals surface area contributed by atoms with Gasteiger partial charge in [0.2, 0.25) is 0 Å². The van der Waals surface area contributed by atoms with Crippen molar-refractivity contribution in [1.29, 1.82) is 0 Å². The summed E-state index contributed by atoms with van der Waals surface area (Å²) in [7, 11) is 1.67. The number of thioether (sulfide) groups is 1. The Labute approximate surface area is 116 Å². The summed E-state index contributed by atoms with van der Waals surface area (Å²) in [6.07, 6.45) is 0. The monoisotopic (exact) mass is 280 g/mol. The molecule has 19 heavy (non-hydrogen) atoms. The lowest BCUT2D eigenvalue weighted by Crippen LogP contribution is -2.47. The number of carbonyl (C=O) groups excluding carboxylic acids is 1. The van der Waals surface area contributed by atoms with Crippen molar-refractivity contribution >= 4 is 29.4 Å². The molecule has 1 fully saturated rings. The van der Waals surface area contributed by atoms with Crippen LogP contribution in [0.4, 0.5) is 10.5 Å². The highest BCUT2D eigenvalue weighted by Gasteiger charge is 2.36. The molecular formula is C13H16N2O3S. The van der Waals surface area contributed by atoms with Crippen molar-refractivity contribution in [2.45, 2.75) is 13.0 Å². The first-order valence-corrected chi connectivity index (χ1v) is 7.07. The SMILES string of the molecule is Cc1cccc(N(C)C(=O)N2CSCC2C(=O)O)c1. The van der Waals surface area contributed by atoms with E-state index in [-0.39, 0.29) is 6.03 Å². The summed E-state index contributed by atoms with van der Waals surface area (Å²) in [5.41, 5.74) is 1.83. The van der Waals surface area contributed by atoms with Gasteiger partial charge in [0.15, 0.2) is 0 Å². The van der Waals surface area contributed by atoms with Crippen molar-refractivity contribution in [2.75, 3.05) is 23.6 Å². The summed E-state index contributed by atoms with van der Waals surface area (Å²) in [5.74, 6) is -0.0784. The highest BCUT2D eigenvalue weighted by molar-refractivity contribution is 7.99. The molecule has 2 rings (SSSR count). The first-order chi connectivity index (χ1) is 9.00. The van der Waals surface area contributed by atoms with Crippen molar-refractivity contribution in [3.05, 3.63) is 29.8 Å². The maximum absolute atomic E-state index is 12.3. The molecule has 1 unspecified atom stereocenters. The third kappa shape index (κ3) is 2.84. The molecule has 5 nitrogen and oxygen atoms in total. The van der Waals surface area contributed by atoms with Crippen LogP contribution in [0, 0.1) is 6.92 Å². The summed E-state index contributed by atoms with van der Waals surface area (Å²) in [4.78, 5) is 26.3. The fraction of sp³-hybridized carbons (Fsp3) is 0.385. The van der Waals surface area contributed by atoms with Gasteiger partial charge < -0.3 is 10.0 Å². The van der Waals surface area contributed by atoms with Crippen molar-refractivity contribution in [3.8, 4) is 0 Å². The van der Waals surface area contributed by atoms with Crippen LogP contribution in [0.25, 0.3) is 0 Å². The van der Waals surface area contributed by atoms with Crippen LogP contribution >= 0.6 is 11.8 Å². The van der Waals surface area contributed by atoms with E-state index >= 15 is 0 Å². The molecule has 1 aliphatic rings. The molecular weight excluding hydrogens is 264 g/mol. The van der Waals surface area contributed by atoms with Crippen LogP contribution in [0.2, 0.25) is 0 Å². The first-order valence-electron chi connectivity index (χ1n) is 5.92. The van der Waals surface area contributed by atoms with Crippen LogP contribution in [0.15, 0.2) is 24.3 Å². The fourth-order valence-corrected chi connectivity index (χ4v) is 3.11. The Hall–Kier alpha value is -1.69. The van der Waals surface area contributed by atoms with E-state index in [0.717, 1.165) is 11.3 Å². The van der Waals surface area contributed by atoms with Gasteiger partial charge in [0.05, 0.1) is 5.88 Å². The van der Waals surface area contributed by atoms with Crippen molar-refractivity contribution < 1.29 is 14.7 Å². The van der Waals surface area contributed by atoms with E-state index < -0.39 is 12.0 Å². The molecule has 0 bridgehead atoms. The van der Waals surface area contributed by atoms with Crippen molar-refractivity contribution in [2.24, 2.45) is 0 Å². The highest BCUT2D eigenvalue weighted by atomic mass is 32.2. The summed E-state index contributed by atoms with van der Waals surface area (Å²) < 4.78 is 0. The minimum atomic E-state index is -0.948. The summed E-state index contributed by atoms with van der Waals surface area (Å²) in [6.45, 7) is 1.95. The van der Waals surface area contributed by atoms with Gasteiger partial charge in [-0.15, -0.1) is 11.8 Å². The highest BCUT2D eigenvalue weighted by Crippen LogP contribution is 2.24. The molecule has 0 aromatic heterocycles. The maximum atomic E-state index is 12.3. The Bertz CT molecular complexity index is 506. The van der Waals surface area contributed by atoms with Gasteiger partial charge in [-0.1, -0.05) is 12.1 Å². The molecule has 2 amide bonds. The van der Waals surface area contributed by atoms with Gasteiger partial charge in [-0.25, -0.2) is 9.59 Å². The number of nitrogens with zero attached hydrogens (tertiary/aromatic N) is 2. The van der Waals surface area contributed by atoms with E-state index in [1.165, 1.54) is 21.6 Å². The van der Waals surface area contributed by atoms with Crippen LogP contribution in [0.3, 0.4) is 0 Å². The van der Waals surface area contributed by atoms with E-state index in [2.05, 4.69) is 0 Å². The number of benzene rings is 1. The molecule has 1 heterocycles. The predicted molar refractivity (Wildman–Crippen MR) is 75.6 cm³/mol. The Morgan fingerprint density at radius 1 is 1.47 bits per heavy atom. The minimum Gasteiger partial charge on any atom is -0.480 e. The third-order valence-corrected chi connectivity index (χ3v) is 4.10. The number of carbonyl (C=O) groups is 2. The van der Waals surface area contributed by atoms with Gasteiger partial charge in [-0.2, -0.15) is 0 Å². The zero-order valence-electron chi connectivity index (χ0n) is 10.9. The van der Waals surface area contributed by atoms with E-state index in [4.69, 9.17) is 5.11 Å². The quantitative estimate of drug-likeness (QED) is 0.900. The number of aryl methyl sites for hydroxylation is 1. The maximum Gasteiger partial charge on any atom is 0.327 e. The number of amides is 2. The number of urea groups is 1. The average Bonchev–Trinajstić information content (AvgIpc) is 2.86. The lowest BCUT2D eigenvalue weighted by molar-refractivity contribution is -0.140. The van der Waals surface area contributed by atoms with Gasteiger partial charge in [-0.05, 0) is 24.6 Å². The van der Waals surface area contributed by atoms with Gasteiger partial charge in [0, 0.05) is 18.5 Å². The molecule has 1 aromatic carbocycles. The van der Waals surface area contributed by atoms with Crippen LogP contribution in [-0.4, -0.2) is 46.7 Å². The Morgan fingerprint density at radius 2 is 2.21 bits per heavy atom. The molecule has 1 atom stereocenters. The van der Waals surface area contributed by atoms with E-state index in [1.807, 2.05) is 31.2 Å². The minimum absolute atomic E-state index is 0.275. The molecule has 6 heteroatoms. The van der Waals surface area contributed by atoms with E-state index in [0.29, 0.717) is 11.6 Å². The Kier molecular flexibility index (Phi) is 3.99. The average molecular weight is 280 g/mol. The number of carboxylic acids is 1. The van der Waals surface area contributed by atoms with Crippen LogP contribution < -0.4 is 4.90 Å². The number of hydrogen-bond acceptors (Lipinski definition) is 3. The van der Waals surface area contributed by atoms with Gasteiger partial charge in [-0.3, -0.25) is 4.90 Å². The van der Waals surface area contributed by atoms with Gasteiger partial charge in [0.25, 0.3) is 0 Å². The fourth-order valence-electron chi connectivity index (χ4n) is 1.98. The molecule has 0 aliphatic carbocycles. The predicted octanol–water partition coefficient (Wildman–Crippen LogP) is 2.01. The van der Waals surface area contributed by atoms with Crippen LogP contribution in [-0.2, 0) is 4.79 Å². The zero-order chi connectivity index (χ0) is 14.0. The molecule has 0 spiro atoms. The van der Waals surface area contributed by atoms with Crippen LogP contribution in [0.5, 0.6) is 0 Å². The second-order valence-corrected chi connectivity index (χ2v) is 5.50. The Balaban J connectivity index is 2.17. The second kappa shape index (κ2) is 5.52. The zero-order valence-corrected chi connectivity index (χ0v) is 11.7. The second-order valence-electron chi connectivity index (χ2n) is 4.50. The van der Waals surface area contributed by atoms with Crippen molar-refractivity contribution in [3.63, 3.8) is 0 Å². The van der Waals surface area contributed by atoms with Gasteiger partial charge >= 0.3 is 12.0 Å². The molecule has 1 aliphatic heterocycles. The summed E-state index contributed by atoms with van der Waals surface area (Å²) in [5, 5.41) is 9.10. The van der Waals surface area contributed by atoms with Crippen molar-refractivity contribution in [1.82, 2.24) is 4.90 Å². The lowest BCUT2D eigenvalue weighted by Gasteiger charge is -2.27. The molecule has 1 N–H and O–H groups in total. The number of hydrogen-bond donors (Lipinski definition) is 1. The van der Waals surface area contributed by atoms with Gasteiger partial charge in [0.1, 0.15) is 6.04 Å². The Morgan fingerprint density at radius 3 is 2.84 bits per heavy atom. The summed E-state index contributed by atoms with van der Waals surface area (Å²) >= 11 is 1.46. The third-order valence-electron chi connectivity index (χ3n) is 3.09. The molecule has 0 saturated carbocycles. The standard InChI is InChI=1S/C13H16N2O3S/c1-9-4-3-5-10(6-9)14(2)13(18)15-8-19-7-11(15)12(16)17/h3-6,11H,7-8H2,1-2H3,(H,16,17). The van der Waals surface area contributed by atoms with Crippen LogP contribution in [0.1, 0.15) is 5.56 Å². The van der Waals surface area contributed by atoms with E-state index in [1.54, 1.807) is 7.05 Å². The normalized spacial score (nSPS) is 18.4. The summed E-state index contributed by atoms with van der Waals surface area (Å²) in [6, 6.07) is 6.56. The molecule has 0 radical (unpaired) electrons. The number of anilines is 1. The molecule has 1 saturated heterocycles. The largest absolute Gasteiger partial charge is 0.480 e. The smallest absolute Gasteiger partial charge is 0.327 e. The number of carboxylic acid groups (broad SMARTS) is 1. The number of rotatable bonds is 2. The number of aliphatic carboxylic acids is 1. The lowest BCUT2D eigenvalue weighted by atomic mass is 10.2. The topological polar surface area (TPSA) is 60.9 Å². The molecule has 102 valence electrons. The first kappa shape index (κ1) is 13.7.